The van der Waals surface area contributed by atoms with Crippen molar-refractivity contribution in [3.63, 3.8) is 0 Å². The number of hydrogen-bond donors (Lipinski definition) is 1. The normalized spacial score (nSPS) is 13.2. The predicted octanol–water partition coefficient (Wildman–Crippen LogP) is 4.14. The highest BCUT2D eigenvalue weighted by molar-refractivity contribution is 7.92. The molecule has 1 aliphatic rings. The smallest absolute Gasteiger partial charge is 0.264 e. The van der Waals surface area contributed by atoms with Crippen molar-refractivity contribution in [3.8, 4) is 0 Å². The lowest BCUT2D eigenvalue weighted by Gasteiger charge is -2.20. The fraction of sp³-hybridized carbons (Fsp3) is 0.136. The summed E-state index contributed by atoms with van der Waals surface area (Å²) in [4.78, 5) is 12.7. The molecule has 0 atom stereocenters. The van der Waals surface area contributed by atoms with Crippen molar-refractivity contribution in [2.24, 2.45) is 0 Å². The summed E-state index contributed by atoms with van der Waals surface area (Å²) in [5, 5.41) is 2.70. The summed E-state index contributed by atoms with van der Waals surface area (Å²) in [6.07, 6.45) is 0.652. The molecule has 1 amide bonds. The number of hydrogen-bond acceptors (Lipinski definition) is 3. The van der Waals surface area contributed by atoms with E-state index in [-0.39, 0.29) is 16.3 Å². The van der Waals surface area contributed by atoms with Gasteiger partial charge in [-0.1, -0.05) is 24.3 Å². The SMILES string of the molecule is Cc1cc(F)ccc1NC(=O)c1cccc(S(=O)(=O)N2CCc3ccccc32)c1. The summed E-state index contributed by atoms with van der Waals surface area (Å²) in [6.45, 7) is 2.05. The summed E-state index contributed by atoms with van der Waals surface area (Å²) in [5.41, 5.74) is 2.91. The molecule has 5 nitrogen and oxygen atoms in total. The Morgan fingerprint density at radius 1 is 1.03 bits per heavy atom. The van der Waals surface area contributed by atoms with Crippen molar-refractivity contribution in [2.75, 3.05) is 16.2 Å². The van der Waals surface area contributed by atoms with E-state index in [1.165, 1.54) is 34.6 Å². The summed E-state index contributed by atoms with van der Waals surface area (Å²) >= 11 is 0. The average Bonchev–Trinajstić information content (AvgIpc) is 3.15. The molecule has 0 saturated carbocycles. The number of benzene rings is 3. The monoisotopic (exact) mass is 410 g/mol. The van der Waals surface area contributed by atoms with Gasteiger partial charge >= 0.3 is 0 Å². The Labute approximate surface area is 168 Å². The number of anilines is 2. The molecule has 3 aromatic carbocycles. The van der Waals surface area contributed by atoms with Gasteiger partial charge in [0.15, 0.2) is 0 Å². The van der Waals surface area contributed by atoms with Crippen LogP contribution >= 0.6 is 0 Å². The van der Waals surface area contributed by atoms with Gasteiger partial charge in [-0.05, 0) is 66.9 Å². The topological polar surface area (TPSA) is 66.5 Å². The van der Waals surface area contributed by atoms with Crippen molar-refractivity contribution >= 4 is 27.3 Å². The van der Waals surface area contributed by atoms with Gasteiger partial charge in [0.05, 0.1) is 10.6 Å². The number of sulfonamides is 1. The number of nitrogens with one attached hydrogen (secondary N) is 1. The second-order valence-electron chi connectivity index (χ2n) is 6.90. The molecule has 0 aromatic heterocycles. The number of rotatable bonds is 4. The molecular formula is C22H19FN2O3S. The first-order chi connectivity index (χ1) is 13.9. The number of para-hydroxylation sites is 1. The zero-order chi connectivity index (χ0) is 20.6. The molecule has 0 spiro atoms. The van der Waals surface area contributed by atoms with E-state index < -0.39 is 15.9 Å². The molecule has 148 valence electrons. The standard InChI is InChI=1S/C22H19FN2O3S/c1-15-13-18(23)9-10-20(15)24-22(26)17-6-4-7-19(14-17)29(27,28)25-12-11-16-5-2-3-8-21(16)25/h2-10,13-14H,11-12H2,1H3,(H,24,26). The van der Waals surface area contributed by atoms with Crippen molar-refractivity contribution < 1.29 is 17.6 Å². The number of fused-ring (bicyclic) bond motifs is 1. The van der Waals surface area contributed by atoms with E-state index in [1.54, 1.807) is 25.1 Å². The third-order valence-corrected chi connectivity index (χ3v) is 6.77. The van der Waals surface area contributed by atoms with E-state index in [9.17, 15) is 17.6 Å². The first-order valence-electron chi connectivity index (χ1n) is 9.14. The highest BCUT2D eigenvalue weighted by atomic mass is 32.2. The molecule has 7 heteroatoms. The van der Waals surface area contributed by atoms with E-state index in [4.69, 9.17) is 0 Å². The summed E-state index contributed by atoms with van der Waals surface area (Å²) in [7, 11) is -3.79. The molecule has 0 aliphatic carbocycles. The largest absolute Gasteiger partial charge is 0.322 e. The van der Waals surface area contributed by atoms with Crippen molar-refractivity contribution in [1.29, 1.82) is 0 Å². The first kappa shape index (κ1) is 19.1. The van der Waals surface area contributed by atoms with E-state index in [0.29, 0.717) is 29.9 Å². The number of nitrogens with zero attached hydrogens (tertiary/aromatic N) is 1. The van der Waals surface area contributed by atoms with Crippen molar-refractivity contribution in [2.45, 2.75) is 18.2 Å². The zero-order valence-electron chi connectivity index (χ0n) is 15.7. The Morgan fingerprint density at radius 3 is 2.62 bits per heavy atom. The third kappa shape index (κ3) is 3.61. The van der Waals surface area contributed by atoms with E-state index in [1.807, 2.05) is 18.2 Å². The van der Waals surface area contributed by atoms with Gasteiger partial charge in [0.1, 0.15) is 5.82 Å². The molecule has 0 radical (unpaired) electrons. The second kappa shape index (κ2) is 7.33. The van der Waals surface area contributed by atoms with Crippen LogP contribution in [0.2, 0.25) is 0 Å². The Morgan fingerprint density at radius 2 is 1.83 bits per heavy atom. The highest BCUT2D eigenvalue weighted by Crippen LogP contribution is 2.32. The van der Waals surface area contributed by atoms with E-state index in [0.717, 1.165) is 5.56 Å². The number of aryl methyl sites for hydroxylation is 1. The Balaban J connectivity index is 1.62. The average molecular weight is 410 g/mol. The minimum absolute atomic E-state index is 0.0534. The van der Waals surface area contributed by atoms with Crippen LogP contribution in [0.5, 0.6) is 0 Å². The van der Waals surface area contributed by atoms with Gasteiger partial charge in [-0.25, -0.2) is 12.8 Å². The molecule has 29 heavy (non-hydrogen) atoms. The van der Waals surface area contributed by atoms with Gasteiger partial charge in [-0.15, -0.1) is 0 Å². The molecule has 0 saturated heterocycles. The molecule has 0 fully saturated rings. The predicted molar refractivity (Wildman–Crippen MR) is 110 cm³/mol. The van der Waals surface area contributed by atoms with Crippen LogP contribution in [-0.4, -0.2) is 20.9 Å². The minimum atomic E-state index is -3.79. The third-order valence-electron chi connectivity index (χ3n) is 4.97. The molecule has 0 unspecified atom stereocenters. The molecule has 1 N–H and O–H groups in total. The van der Waals surface area contributed by atoms with Crippen molar-refractivity contribution in [1.82, 2.24) is 0 Å². The number of carbonyl (C=O) groups is 1. The second-order valence-corrected chi connectivity index (χ2v) is 8.76. The fourth-order valence-corrected chi connectivity index (χ4v) is 4.99. The van der Waals surface area contributed by atoms with E-state index in [2.05, 4.69) is 5.32 Å². The van der Waals surface area contributed by atoms with Crippen LogP contribution in [0.1, 0.15) is 21.5 Å². The molecule has 0 bridgehead atoms. The summed E-state index contributed by atoms with van der Waals surface area (Å²) in [6, 6.07) is 17.4. The van der Waals surface area contributed by atoms with Crippen LogP contribution in [0.15, 0.2) is 71.6 Å². The van der Waals surface area contributed by atoms with Gasteiger partial charge in [-0.3, -0.25) is 9.10 Å². The fourth-order valence-electron chi connectivity index (χ4n) is 3.44. The minimum Gasteiger partial charge on any atom is -0.322 e. The van der Waals surface area contributed by atoms with Crippen LogP contribution in [0.25, 0.3) is 0 Å². The van der Waals surface area contributed by atoms with Crippen LogP contribution in [0.3, 0.4) is 0 Å². The summed E-state index contributed by atoms with van der Waals surface area (Å²) < 4.78 is 41.0. The maximum absolute atomic E-state index is 13.3. The molecule has 1 aliphatic heterocycles. The lowest BCUT2D eigenvalue weighted by molar-refractivity contribution is 0.102. The van der Waals surface area contributed by atoms with Gasteiger partial charge in [0, 0.05) is 17.8 Å². The zero-order valence-corrected chi connectivity index (χ0v) is 16.5. The van der Waals surface area contributed by atoms with E-state index >= 15 is 0 Å². The number of halogens is 1. The summed E-state index contributed by atoms with van der Waals surface area (Å²) in [5.74, 6) is -0.849. The Hall–Kier alpha value is -3.19. The maximum Gasteiger partial charge on any atom is 0.264 e. The van der Waals surface area contributed by atoms with Crippen LogP contribution in [-0.2, 0) is 16.4 Å². The van der Waals surface area contributed by atoms with Gasteiger partial charge in [-0.2, -0.15) is 0 Å². The Bertz CT molecular complexity index is 1210. The number of amides is 1. The molecule has 4 rings (SSSR count). The molecule has 1 heterocycles. The quantitative estimate of drug-likeness (QED) is 0.703. The molecule has 3 aromatic rings. The lowest BCUT2D eigenvalue weighted by atomic mass is 10.1. The molecular weight excluding hydrogens is 391 g/mol. The van der Waals surface area contributed by atoms with Crippen LogP contribution in [0.4, 0.5) is 15.8 Å². The lowest BCUT2D eigenvalue weighted by Crippen LogP contribution is -2.29. The van der Waals surface area contributed by atoms with Crippen LogP contribution in [0, 0.1) is 12.7 Å². The van der Waals surface area contributed by atoms with Gasteiger partial charge < -0.3 is 5.32 Å². The van der Waals surface area contributed by atoms with Gasteiger partial charge in [0.2, 0.25) is 0 Å². The Kier molecular flexibility index (Phi) is 4.84. The van der Waals surface area contributed by atoms with Gasteiger partial charge in [0.25, 0.3) is 15.9 Å². The van der Waals surface area contributed by atoms with Crippen LogP contribution < -0.4 is 9.62 Å². The number of carbonyl (C=O) groups excluding carboxylic acids is 1. The highest BCUT2D eigenvalue weighted by Gasteiger charge is 2.30. The maximum atomic E-state index is 13.3. The van der Waals surface area contributed by atoms with Crippen molar-refractivity contribution in [3.05, 3.63) is 89.2 Å². The first-order valence-corrected chi connectivity index (χ1v) is 10.6.